The van der Waals surface area contributed by atoms with Crippen molar-refractivity contribution in [3.05, 3.63) is 18.2 Å². The summed E-state index contributed by atoms with van der Waals surface area (Å²) in [4.78, 5) is 11.6. The fourth-order valence-electron chi connectivity index (χ4n) is 1.75. The van der Waals surface area contributed by atoms with Crippen molar-refractivity contribution in [1.29, 1.82) is 0 Å². The van der Waals surface area contributed by atoms with E-state index in [0.29, 0.717) is 0 Å². The fourth-order valence-corrected chi connectivity index (χ4v) is 1.75. The number of halogens is 8. The van der Waals surface area contributed by atoms with Gasteiger partial charge >= 0.3 is 24.7 Å². The van der Waals surface area contributed by atoms with E-state index in [1.807, 2.05) is 0 Å². The first-order valence-corrected chi connectivity index (χ1v) is 6.28. The second-order valence-electron chi connectivity index (χ2n) is 5.00. The second kappa shape index (κ2) is 5.52. The lowest BCUT2D eigenvalue weighted by atomic mass is 10.0. The van der Waals surface area contributed by atoms with Crippen molar-refractivity contribution in [1.82, 2.24) is 5.32 Å². The van der Waals surface area contributed by atoms with Gasteiger partial charge in [0.15, 0.2) is 11.5 Å². The van der Waals surface area contributed by atoms with Crippen LogP contribution in [0.5, 0.6) is 11.5 Å². The van der Waals surface area contributed by atoms with Gasteiger partial charge in [-0.1, -0.05) is 6.07 Å². The third-order valence-corrected chi connectivity index (χ3v) is 3.17. The maximum atomic E-state index is 13.0. The Morgan fingerprint density at radius 2 is 1.60 bits per heavy atom. The van der Waals surface area contributed by atoms with Crippen LogP contribution in [-0.2, 0) is 0 Å². The summed E-state index contributed by atoms with van der Waals surface area (Å²) in [5.74, 6) is -1.31. The predicted molar refractivity (Wildman–Crippen MR) is 65.3 cm³/mol. The number of amides is 2. The maximum absolute atomic E-state index is 13.0. The van der Waals surface area contributed by atoms with Gasteiger partial charge in [-0.25, -0.2) is 4.79 Å². The van der Waals surface area contributed by atoms with E-state index in [2.05, 4.69) is 9.47 Å². The highest BCUT2D eigenvalue weighted by molar-refractivity contribution is 5.92. The van der Waals surface area contributed by atoms with E-state index in [1.165, 1.54) is 0 Å². The van der Waals surface area contributed by atoms with E-state index < -0.39 is 47.4 Å². The summed E-state index contributed by atoms with van der Waals surface area (Å²) in [6.07, 6.45) is -15.8. The van der Waals surface area contributed by atoms with Crippen LogP contribution in [0.25, 0.3) is 0 Å². The summed E-state index contributed by atoms with van der Waals surface area (Å²) in [6, 6.07) is 1.03. The summed E-state index contributed by atoms with van der Waals surface area (Å²) in [7, 11) is 0. The number of carbonyl (C=O) groups is 1. The van der Waals surface area contributed by atoms with Crippen molar-refractivity contribution >= 4 is 11.7 Å². The van der Waals surface area contributed by atoms with Gasteiger partial charge in [0.2, 0.25) is 5.54 Å². The molecule has 0 saturated carbocycles. The van der Waals surface area contributed by atoms with E-state index in [9.17, 15) is 39.9 Å². The lowest BCUT2D eigenvalue weighted by Crippen LogP contribution is -2.66. The van der Waals surface area contributed by atoms with Gasteiger partial charge in [0.25, 0.3) is 0 Å². The Kier molecular flexibility index (Phi) is 4.17. The molecule has 2 amide bonds. The van der Waals surface area contributed by atoms with Crippen molar-refractivity contribution in [2.75, 3.05) is 5.32 Å². The van der Waals surface area contributed by atoms with Gasteiger partial charge in [-0.15, -0.1) is 8.78 Å². The Balaban J connectivity index is 2.23. The third kappa shape index (κ3) is 3.49. The topological polar surface area (TPSA) is 59.6 Å². The highest BCUT2D eigenvalue weighted by Gasteiger charge is 2.68. The van der Waals surface area contributed by atoms with Gasteiger partial charge in [0, 0.05) is 0 Å². The fraction of sp³-hybridized carbons (Fsp3) is 0.417. The zero-order valence-corrected chi connectivity index (χ0v) is 12.0. The quantitative estimate of drug-likeness (QED) is 0.763. The van der Waals surface area contributed by atoms with Gasteiger partial charge in [-0.05, 0) is 19.1 Å². The van der Waals surface area contributed by atoms with Crippen LogP contribution in [0.1, 0.15) is 6.92 Å². The standard InChI is InChI=1S/C12H8F8N2O3/c1-9(10(13,14)15,11(16,17)18)22-8(23)21-5-3-2-4-6-7(5)25-12(19,20)24-6/h2-4H,1H3,(H2,21,22,23). The number of nitrogens with one attached hydrogen (secondary N) is 2. The van der Waals surface area contributed by atoms with E-state index in [0.717, 1.165) is 23.5 Å². The Labute approximate surface area is 133 Å². The zero-order chi connectivity index (χ0) is 19.3. The van der Waals surface area contributed by atoms with E-state index >= 15 is 0 Å². The van der Waals surface area contributed by atoms with Crippen LogP contribution >= 0.6 is 0 Å². The Bertz CT molecular complexity index is 672. The van der Waals surface area contributed by atoms with Gasteiger partial charge in [0.1, 0.15) is 0 Å². The number of urea groups is 1. The monoisotopic (exact) mass is 380 g/mol. The molecule has 1 aliphatic heterocycles. The molecule has 13 heteroatoms. The summed E-state index contributed by atoms with van der Waals surface area (Å²) in [5, 5.41) is 2.34. The molecule has 0 atom stereocenters. The van der Waals surface area contributed by atoms with Crippen LogP contribution in [0.4, 0.5) is 45.6 Å². The van der Waals surface area contributed by atoms with Crippen LogP contribution in [0.3, 0.4) is 0 Å². The number of alkyl halides is 8. The molecule has 2 N–H and O–H groups in total. The number of carbonyl (C=O) groups excluding carboxylic acids is 1. The van der Waals surface area contributed by atoms with Crippen LogP contribution in [0.15, 0.2) is 18.2 Å². The van der Waals surface area contributed by atoms with Crippen molar-refractivity contribution in [2.45, 2.75) is 31.1 Å². The van der Waals surface area contributed by atoms with Gasteiger partial charge in [-0.2, -0.15) is 26.3 Å². The van der Waals surface area contributed by atoms with Gasteiger partial charge in [0.05, 0.1) is 5.69 Å². The number of anilines is 1. The minimum atomic E-state index is -5.87. The van der Waals surface area contributed by atoms with Crippen molar-refractivity contribution in [2.24, 2.45) is 0 Å². The second-order valence-corrected chi connectivity index (χ2v) is 5.00. The molecular formula is C12H8F8N2O3. The molecule has 5 nitrogen and oxygen atoms in total. The van der Waals surface area contributed by atoms with E-state index in [4.69, 9.17) is 0 Å². The molecule has 140 valence electrons. The number of ether oxygens (including phenoxy) is 2. The Hall–Kier alpha value is -2.47. The molecule has 0 saturated heterocycles. The smallest absolute Gasteiger partial charge is 0.395 e. The number of hydrogen-bond donors (Lipinski definition) is 2. The minimum Gasteiger partial charge on any atom is -0.395 e. The summed E-state index contributed by atoms with van der Waals surface area (Å²) in [5.41, 5.74) is -5.18. The average Bonchev–Trinajstić information content (AvgIpc) is 2.71. The lowest BCUT2D eigenvalue weighted by molar-refractivity contribution is -0.297. The molecule has 0 aromatic heterocycles. The van der Waals surface area contributed by atoms with E-state index in [-0.39, 0.29) is 6.92 Å². The predicted octanol–water partition coefficient (Wildman–Crippen LogP) is 4.01. The SMILES string of the molecule is CC(NC(=O)Nc1cccc2c1OC(F)(F)O2)(C(F)(F)F)C(F)(F)F. The molecule has 0 unspecified atom stereocenters. The first-order chi connectivity index (χ1) is 11.2. The molecular weight excluding hydrogens is 372 g/mol. The highest BCUT2D eigenvalue weighted by Crippen LogP contribution is 2.46. The average molecular weight is 380 g/mol. The molecule has 0 bridgehead atoms. The molecule has 0 aliphatic carbocycles. The van der Waals surface area contributed by atoms with Crippen LogP contribution < -0.4 is 20.1 Å². The molecule has 25 heavy (non-hydrogen) atoms. The van der Waals surface area contributed by atoms with Crippen molar-refractivity contribution in [3.8, 4) is 11.5 Å². The number of para-hydroxylation sites is 1. The summed E-state index contributed by atoms with van der Waals surface area (Å²) < 4.78 is 110. The number of hydrogen-bond acceptors (Lipinski definition) is 3. The number of fused-ring (bicyclic) bond motifs is 1. The van der Waals surface area contributed by atoms with Gasteiger partial charge < -0.3 is 20.1 Å². The molecule has 1 aliphatic rings. The van der Waals surface area contributed by atoms with Crippen LogP contribution in [0.2, 0.25) is 0 Å². The normalized spacial score (nSPS) is 16.5. The maximum Gasteiger partial charge on any atom is 0.586 e. The summed E-state index contributed by atoms with van der Waals surface area (Å²) in [6.45, 7) is -0.282. The Morgan fingerprint density at radius 1 is 1.04 bits per heavy atom. The zero-order valence-electron chi connectivity index (χ0n) is 12.0. The Morgan fingerprint density at radius 3 is 2.12 bits per heavy atom. The van der Waals surface area contributed by atoms with E-state index in [1.54, 1.807) is 5.32 Å². The molecule has 2 rings (SSSR count). The largest absolute Gasteiger partial charge is 0.586 e. The molecule has 1 aromatic rings. The molecule has 1 aromatic carbocycles. The third-order valence-electron chi connectivity index (χ3n) is 3.17. The summed E-state index contributed by atoms with van der Waals surface area (Å²) >= 11 is 0. The molecule has 0 radical (unpaired) electrons. The number of rotatable bonds is 2. The van der Waals surface area contributed by atoms with Crippen LogP contribution in [-0.4, -0.2) is 30.2 Å². The molecule has 0 fully saturated rings. The van der Waals surface area contributed by atoms with Gasteiger partial charge in [-0.3, -0.25) is 0 Å². The minimum absolute atomic E-state index is 0.282. The van der Waals surface area contributed by atoms with Crippen LogP contribution in [0, 0.1) is 0 Å². The number of benzene rings is 1. The molecule has 0 spiro atoms. The first kappa shape index (κ1) is 18.9. The van der Waals surface area contributed by atoms with Crippen molar-refractivity contribution in [3.63, 3.8) is 0 Å². The first-order valence-electron chi connectivity index (χ1n) is 6.28. The molecule has 1 heterocycles. The lowest BCUT2D eigenvalue weighted by Gasteiger charge is -2.34. The van der Waals surface area contributed by atoms with Crippen molar-refractivity contribution < 1.29 is 49.4 Å². The highest BCUT2D eigenvalue weighted by atomic mass is 19.4.